The van der Waals surface area contributed by atoms with E-state index in [9.17, 15) is 0 Å². The molecule has 0 radical (unpaired) electrons. The fraction of sp³-hybridized carbons (Fsp3) is 0.647. The fourth-order valence-corrected chi connectivity index (χ4v) is 3.04. The zero-order chi connectivity index (χ0) is 13.0. The van der Waals surface area contributed by atoms with Gasteiger partial charge in [0.15, 0.2) is 0 Å². The van der Waals surface area contributed by atoms with Crippen molar-refractivity contribution in [3.05, 3.63) is 35.4 Å². The van der Waals surface area contributed by atoms with Gasteiger partial charge in [-0.3, -0.25) is 0 Å². The Labute approximate surface area is 112 Å². The molecule has 0 aromatic heterocycles. The molecular formula is C17H27N. The minimum absolute atomic E-state index is 0.462. The Morgan fingerprint density at radius 3 is 2.61 bits per heavy atom. The second kappa shape index (κ2) is 5.88. The number of hydrogen-bond acceptors (Lipinski definition) is 1. The van der Waals surface area contributed by atoms with Crippen LogP contribution in [0.4, 0.5) is 0 Å². The summed E-state index contributed by atoms with van der Waals surface area (Å²) in [7, 11) is 0. The molecule has 0 saturated heterocycles. The Bertz CT molecular complexity index is 377. The Morgan fingerprint density at radius 2 is 1.94 bits per heavy atom. The highest BCUT2D eigenvalue weighted by molar-refractivity contribution is 5.24. The van der Waals surface area contributed by atoms with Gasteiger partial charge in [-0.2, -0.15) is 0 Å². The van der Waals surface area contributed by atoms with E-state index in [-0.39, 0.29) is 0 Å². The molecule has 0 heterocycles. The lowest BCUT2D eigenvalue weighted by atomic mass is 9.75. The molecular weight excluding hydrogens is 218 g/mol. The van der Waals surface area contributed by atoms with Crippen molar-refractivity contribution >= 4 is 0 Å². The van der Waals surface area contributed by atoms with Crippen molar-refractivity contribution in [2.75, 3.05) is 6.54 Å². The van der Waals surface area contributed by atoms with Crippen LogP contribution in [0.5, 0.6) is 0 Å². The van der Waals surface area contributed by atoms with Gasteiger partial charge in [0.25, 0.3) is 0 Å². The van der Waals surface area contributed by atoms with Gasteiger partial charge in [0.05, 0.1) is 0 Å². The van der Waals surface area contributed by atoms with E-state index >= 15 is 0 Å². The monoisotopic (exact) mass is 245 g/mol. The van der Waals surface area contributed by atoms with Gasteiger partial charge in [0.2, 0.25) is 0 Å². The summed E-state index contributed by atoms with van der Waals surface area (Å²) in [4.78, 5) is 0. The first-order valence-corrected chi connectivity index (χ1v) is 7.39. The lowest BCUT2D eigenvalue weighted by Gasteiger charge is -2.35. The number of aryl methyl sites for hydroxylation is 1. The van der Waals surface area contributed by atoms with Crippen molar-refractivity contribution in [3.63, 3.8) is 0 Å². The predicted molar refractivity (Wildman–Crippen MR) is 78.8 cm³/mol. The summed E-state index contributed by atoms with van der Waals surface area (Å²) in [5.74, 6) is 0. The normalized spacial score (nSPS) is 20.6. The molecule has 1 saturated carbocycles. The third-order valence-corrected chi connectivity index (χ3v) is 4.44. The van der Waals surface area contributed by atoms with Gasteiger partial charge >= 0.3 is 0 Å². The number of hydrogen-bond donors (Lipinski definition) is 1. The van der Waals surface area contributed by atoms with Gasteiger partial charge < -0.3 is 5.32 Å². The lowest BCUT2D eigenvalue weighted by molar-refractivity contribution is 0.202. The van der Waals surface area contributed by atoms with Gasteiger partial charge in [-0.15, -0.1) is 0 Å². The molecule has 18 heavy (non-hydrogen) atoms. The quantitative estimate of drug-likeness (QED) is 0.816. The van der Waals surface area contributed by atoms with Crippen LogP contribution in [0, 0.1) is 12.3 Å². The zero-order valence-electron chi connectivity index (χ0n) is 12.1. The highest BCUT2D eigenvalue weighted by Gasteiger charge is 2.26. The highest BCUT2D eigenvalue weighted by atomic mass is 14.9. The molecule has 100 valence electrons. The molecule has 0 amide bonds. The molecule has 0 bridgehead atoms. The van der Waals surface area contributed by atoms with E-state index in [2.05, 4.69) is 50.4 Å². The fourth-order valence-electron chi connectivity index (χ4n) is 3.04. The van der Waals surface area contributed by atoms with Crippen molar-refractivity contribution in [1.82, 2.24) is 5.32 Å². The van der Waals surface area contributed by atoms with E-state index < -0.39 is 0 Å². The molecule has 1 aromatic rings. The molecule has 1 aliphatic rings. The maximum absolute atomic E-state index is 3.74. The second-order valence-electron chi connectivity index (χ2n) is 6.39. The SMILES string of the molecule is Cc1cccc(C(C)NCC2(C)CCCCC2)c1. The van der Waals surface area contributed by atoms with Crippen LogP contribution in [0.1, 0.15) is 63.1 Å². The molecule has 1 fully saturated rings. The van der Waals surface area contributed by atoms with Crippen molar-refractivity contribution in [2.24, 2.45) is 5.41 Å². The maximum Gasteiger partial charge on any atom is 0.0292 e. The molecule has 1 heteroatoms. The Hall–Kier alpha value is -0.820. The average molecular weight is 245 g/mol. The second-order valence-corrected chi connectivity index (χ2v) is 6.39. The first-order valence-electron chi connectivity index (χ1n) is 7.39. The zero-order valence-corrected chi connectivity index (χ0v) is 12.1. The van der Waals surface area contributed by atoms with Crippen molar-refractivity contribution in [2.45, 2.75) is 58.9 Å². The van der Waals surface area contributed by atoms with Crippen LogP contribution in [0.3, 0.4) is 0 Å². The third-order valence-electron chi connectivity index (χ3n) is 4.44. The largest absolute Gasteiger partial charge is 0.310 e. The standard InChI is InChI=1S/C17H27N/c1-14-8-7-9-16(12-14)15(2)18-13-17(3)10-5-4-6-11-17/h7-9,12,15,18H,4-6,10-11,13H2,1-3H3. The average Bonchev–Trinajstić information content (AvgIpc) is 2.37. The molecule has 2 rings (SSSR count). The van der Waals surface area contributed by atoms with Crippen molar-refractivity contribution < 1.29 is 0 Å². The van der Waals surface area contributed by atoms with Crippen LogP contribution in [-0.2, 0) is 0 Å². The van der Waals surface area contributed by atoms with Crippen molar-refractivity contribution in [1.29, 1.82) is 0 Å². The van der Waals surface area contributed by atoms with Crippen LogP contribution in [0.2, 0.25) is 0 Å². The Balaban J connectivity index is 1.89. The van der Waals surface area contributed by atoms with Gasteiger partial charge in [0, 0.05) is 12.6 Å². The first-order chi connectivity index (χ1) is 8.59. The summed E-state index contributed by atoms with van der Waals surface area (Å²) >= 11 is 0. The van der Waals surface area contributed by atoms with Gasteiger partial charge in [-0.1, -0.05) is 56.0 Å². The lowest BCUT2D eigenvalue weighted by Crippen LogP contribution is -2.34. The van der Waals surface area contributed by atoms with E-state index in [1.807, 2.05) is 0 Å². The number of rotatable bonds is 4. The van der Waals surface area contributed by atoms with E-state index in [0.717, 1.165) is 6.54 Å². The highest BCUT2D eigenvalue weighted by Crippen LogP contribution is 2.35. The van der Waals surface area contributed by atoms with E-state index in [0.29, 0.717) is 11.5 Å². The van der Waals surface area contributed by atoms with Gasteiger partial charge in [-0.05, 0) is 37.7 Å². The van der Waals surface area contributed by atoms with Gasteiger partial charge in [-0.25, -0.2) is 0 Å². The molecule has 1 nitrogen and oxygen atoms in total. The molecule has 1 aromatic carbocycles. The maximum atomic E-state index is 3.74. The molecule has 0 spiro atoms. The van der Waals surface area contributed by atoms with Crippen molar-refractivity contribution in [3.8, 4) is 0 Å². The summed E-state index contributed by atoms with van der Waals surface area (Å²) in [6, 6.07) is 9.31. The number of nitrogens with one attached hydrogen (secondary N) is 1. The van der Waals surface area contributed by atoms with Gasteiger partial charge in [0.1, 0.15) is 0 Å². The summed E-state index contributed by atoms with van der Waals surface area (Å²) < 4.78 is 0. The Kier molecular flexibility index (Phi) is 4.45. The third kappa shape index (κ3) is 3.58. The predicted octanol–water partition coefficient (Wildman–Crippen LogP) is 4.62. The van der Waals surface area contributed by atoms with Crippen LogP contribution < -0.4 is 5.32 Å². The molecule has 1 unspecified atom stereocenters. The first kappa shape index (κ1) is 13.6. The van der Waals surface area contributed by atoms with Crippen LogP contribution >= 0.6 is 0 Å². The molecule has 1 N–H and O–H groups in total. The van der Waals surface area contributed by atoms with E-state index in [1.54, 1.807) is 0 Å². The Morgan fingerprint density at radius 1 is 1.22 bits per heavy atom. The molecule has 0 aliphatic heterocycles. The summed E-state index contributed by atoms with van der Waals surface area (Å²) in [6.45, 7) is 8.05. The summed E-state index contributed by atoms with van der Waals surface area (Å²) in [5, 5.41) is 3.74. The van der Waals surface area contributed by atoms with E-state index in [4.69, 9.17) is 0 Å². The van der Waals surface area contributed by atoms with Crippen LogP contribution in [0.15, 0.2) is 24.3 Å². The van der Waals surface area contributed by atoms with Crippen LogP contribution in [-0.4, -0.2) is 6.54 Å². The van der Waals surface area contributed by atoms with E-state index in [1.165, 1.54) is 43.2 Å². The number of benzene rings is 1. The summed E-state index contributed by atoms with van der Waals surface area (Å²) in [5.41, 5.74) is 3.29. The summed E-state index contributed by atoms with van der Waals surface area (Å²) in [6.07, 6.45) is 7.04. The minimum Gasteiger partial charge on any atom is -0.310 e. The topological polar surface area (TPSA) is 12.0 Å². The molecule has 1 atom stereocenters. The smallest absolute Gasteiger partial charge is 0.0292 e. The van der Waals surface area contributed by atoms with Crippen LogP contribution in [0.25, 0.3) is 0 Å². The minimum atomic E-state index is 0.462. The molecule has 1 aliphatic carbocycles.